The number of hydrogen-bond acceptors (Lipinski definition) is 6. The predicted molar refractivity (Wildman–Crippen MR) is 102 cm³/mol. The fraction of sp³-hybridized carbons (Fsp3) is 0.571. The standard InChI is InChI=1S/C21H26N2O6/c1-29-14-9-12(7-8-13(14)24)17-15-16(19(26)22-18(15)25)21(23-17,20(27)28)10-11-5-3-2-4-6-11/h7-9,11,15-17,23-24H,2-6,10H2,1H3,(H,27,28)(H,22,25,26). The first-order chi connectivity index (χ1) is 13.9. The fourth-order valence-electron chi connectivity index (χ4n) is 5.42. The number of hydrogen-bond donors (Lipinski definition) is 4. The molecule has 2 amide bonds. The molecule has 4 atom stereocenters. The Morgan fingerprint density at radius 3 is 2.59 bits per heavy atom. The Labute approximate surface area is 168 Å². The number of carbonyl (C=O) groups is 3. The fourth-order valence-corrected chi connectivity index (χ4v) is 5.42. The van der Waals surface area contributed by atoms with E-state index in [4.69, 9.17) is 4.74 Å². The second kappa shape index (κ2) is 7.33. The van der Waals surface area contributed by atoms with Gasteiger partial charge in [0.25, 0.3) is 0 Å². The van der Waals surface area contributed by atoms with Crippen molar-refractivity contribution < 1.29 is 29.3 Å². The molecule has 1 aliphatic carbocycles. The molecule has 8 heteroatoms. The summed E-state index contributed by atoms with van der Waals surface area (Å²) in [7, 11) is 1.42. The van der Waals surface area contributed by atoms with Crippen LogP contribution in [0.2, 0.25) is 0 Å². The summed E-state index contributed by atoms with van der Waals surface area (Å²) in [6, 6.07) is 3.99. The number of imide groups is 1. The van der Waals surface area contributed by atoms with E-state index in [1.54, 1.807) is 12.1 Å². The predicted octanol–water partition coefficient (Wildman–Crippen LogP) is 1.73. The number of phenols is 1. The van der Waals surface area contributed by atoms with Gasteiger partial charge in [-0.2, -0.15) is 0 Å². The second-order valence-electron chi connectivity index (χ2n) is 8.39. The Morgan fingerprint density at radius 1 is 1.21 bits per heavy atom. The van der Waals surface area contributed by atoms with Gasteiger partial charge in [-0.3, -0.25) is 25.0 Å². The molecule has 4 unspecified atom stereocenters. The van der Waals surface area contributed by atoms with Crippen LogP contribution in [-0.2, 0) is 14.4 Å². The van der Waals surface area contributed by atoms with E-state index in [-0.39, 0.29) is 17.4 Å². The van der Waals surface area contributed by atoms with Crippen LogP contribution in [0.3, 0.4) is 0 Å². The van der Waals surface area contributed by atoms with Crippen molar-refractivity contribution in [2.45, 2.75) is 50.1 Å². The number of fused-ring (bicyclic) bond motifs is 1. The molecule has 156 valence electrons. The number of nitrogens with one attached hydrogen (secondary N) is 2. The molecule has 2 saturated heterocycles. The van der Waals surface area contributed by atoms with Crippen LogP contribution >= 0.6 is 0 Å². The average Bonchev–Trinajstić information content (AvgIpc) is 3.20. The normalized spacial score (nSPS) is 32.1. The van der Waals surface area contributed by atoms with Crippen LogP contribution in [0.25, 0.3) is 0 Å². The number of ether oxygens (including phenoxy) is 1. The van der Waals surface area contributed by atoms with Crippen molar-refractivity contribution >= 4 is 17.8 Å². The van der Waals surface area contributed by atoms with Gasteiger partial charge in [-0.1, -0.05) is 38.2 Å². The third-order valence-electron chi connectivity index (χ3n) is 6.77. The highest BCUT2D eigenvalue weighted by Gasteiger charge is 2.66. The lowest BCUT2D eigenvalue weighted by atomic mass is 9.72. The third kappa shape index (κ3) is 3.15. The first-order valence-corrected chi connectivity index (χ1v) is 10.1. The maximum absolute atomic E-state index is 12.7. The Balaban J connectivity index is 1.75. The van der Waals surface area contributed by atoms with Crippen molar-refractivity contribution in [3.63, 3.8) is 0 Å². The summed E-state index contributed by atoms with van der Waals surface area (Å²) >= 11 is 0. The lowest BCUT2D eigenvalue weighted by Gasteiger charge is -2.35. The van der Waals surface area contributed by atoms with E-state index in [1.165, 1.54) is 13.2 Å². The van der Waals surface area contributed by atoms with Gasteiger partial charge in [-0.15, -0.1) is 0 Å². The van der Waals surface area contributed by atoms with E-state index in [2.05, 4.69) is 10.6 Å². The molecule has 4 rings (SSSR count). The SMILES string of the molecule is COc1cc(C2NC(CC3CCCCC3)(C(=O)O)C3C(=O)NC(=O)C23)ccc1O. The molecule has 4 N–H and O–H groups in total. The van der Waals surface area contributed by atoms with Gasteiger partial charge in [-0.25, -0.2) is 0 Å². The van der Waals surface area contributed by atoms with E-state index in [0.29, 0.717) is 12.0 Å². The molecule has 2 aliphatic heterocycles. The lowest BCUT2D eigenvalue weighted by molar-refractivity contribution is -0.150. The Bertz CT molecular complexity index is 850. The number of carbonyl (C=O) groups excluding carboxylic acids is 2. The van der Waals surface area contributed by atoms with Crippen molar-refractivity contribution in [3.05, 3.63) is 23.8 Å². The van der Waals surface area contributed by atoms with Crippen molar-refractivity contribution in [3.8, 4) is 11.5 Å². The van der Waals surface area contributed by atoms with Gasteiger partial charge in [0, 0.05) is 6.04 Å². The van der Waals surface area contributed by atoms with Gasteiger partial charge in [0.1, 0.15) is 5.54 Å². The molecule has 2 heterocycles. The number of benzene rings is 1. The molecule has 0 bridgehead atoms. The van der Waals surface area contributed by atoms with Crippen LogP contribution in [0.4, 0.5) is 0 Å². The number of phenolic OH excluding ortho intramolecular Hbond substituents is 1. The number of aromatic hydroxyl groups is 1. The number of carboxylic acid groups (broad SMARTS) is 1. The van der Waals surface area contributed by atoms with Crippen LogP contribution in [0.5, 0.6) is 11.5 Å². The molecule has 0 spiro atoms. The molecule has 29 heavy (non-hydrogen) atoms. The van der Waals surface area contributed by atoms with E-state index >= 15 is 0 Å². The van der Waals surface area contributed by atoms with Gasteiger partial charge in [-0.05, 0) is 30.0 Å². The van der Waals surface area contributed by atoms with Crippen LogP contribution < -0.4 is 15.4 Å². The van der Waals surface area contributed by atoms with Crippen molar-refractivity contribution in [2.75, 3.05) is 7.11 Å². The van der Waals surface area contributed by atoms with Crippen LogP contribution in [0, 0.1) is 17.8 Å². The number of amides is 2. The summed E-state index contributed by atoms with van der Waals surface area (Å²) in [6.45, 7) is 0. The topological polar surface area (TPSA) is 125 Å². The van der Waals surface area contributed by atoms with Crippen LogP contribution in [0.1, 0.15) is 50.1 Å². The molecule has 0 aromatic heterocycles. The van der Waals surface area contributed by atoms with Gasteiger partial charge < -0.3 is 14.9 Å². The van der Waals surface area contributed by atoms with E-state index in [1.807, 2.05) is 0 Å². The number of aliphatic carboxylic acids is 1. The Hall–Kier alpha value is -2.61. The molecule has 3 aliphatic rings. The highest BCUT2D eigenvalue weighted by atomic mass is 16.5. The Kier molecular flexibility index (Phi) is 4.98. The zero-order chi connectivity index (χ0) is 20.8. The molecule has 1 aromatic rings. The molecular weight excluding hydrogens is 376 g/mol. The summed E-state index contributed by atoms with van der Waals surface area (Å²) in [5, 5.41) is 25.7. The van der Waals surface area contributed by atoms with E-state index in [0.717, 1.165) is 32.1 Å². The minimum atomic E-state index is -1.50. The summed E-state index contributed by atoms with van der Waals surface area (Å²) in [5.74, 6) is -3.51. The van der Waals surface area contributed by atoms with E-state index < -0.39 is 41.2 Å². The molecule has 3 fully saturated rings. The maximum Gasteiger partial charge on any atom is 0.324 e. The van der Waals surface area contributed by atoms with Crippen molar-refractivity contribution in [2.24, 2.45) is 17.8 Å². The zero-order valence-corrected chi connectivity index (χ0v) is 16.3. The molecule has 0 radical (unpaired) electrons. The first-order valence-electron chi connectivity index (χ1n) is 10.1. The smallest absolute Gasteiger partial charge is 0.324 e. The second-order valence-corrected chi connectivity index (χ2v) is 8.39. The molecule has 1 aromatic carbocycles. The van der Waals surface area contributed by atoms with Gasteiger partial charge in [0.05, 0.1) is 18.9 Å². The summed E-state index contributed by atoms with van der Waals surface area (Å²) in [4.78, 5) is 37.8. The maximum atomic E-state index is 12.7. The summed E-state index contributed by atoms with van der Waals surface area (Å²) in [6.07, 6.45) is 5.43. The largest absolute Gasteiger partial charge is 0.504 e. The van der Waals surface area contributed by atoms with Crippen LogP contribution in [-0.4, -0.2) is 40.6 Å². The number of carboxylic acids is 1. The van der Waals surface area contributed by atoms with Crippen molar-refractivity contribution in [1.82, 2.24) is 10.6 Å². The van der Waals surface area contributed by atoms with Gasteiger partial charge >= 0.3 is 5.97 Å². The van der Waals surface area contributed by atoms with Gasteiger partial charge in [0.2, 0.25) is 11.8 Å². The lowest BCUT2D eigenvalue weighted by Crippen LogP contribution is -2.56. The molecule has 8 nitrogen and oxygen atoms in total. The van der Waals surface area contributed by atoms with Gasteiger partial charge in [0.15, 0.2) is 11.5 Å². The minimum absolute atomic E-state index is 0.0514. The van der Waals surface area contributed by atoms with Crippen molar-refractivity contribution in [1.29, 1.82) is 0 Å². The number of methoxy groups -OCH3 is 1. The highest BCUT2D eigenvalue weighted by molar-refractivity contribution is 6.09. The van der Waals surface area contributed by atoms with Crippen LogP contribution in [0.15, 0.2) is 18.2 Å². The third-order valence-corrected chi connectivity index (χ3v) is 6.77. The minimum Gasteiger partial charge on any atom is -0.504 e. The monoisotopic (exact) mass is 402 g/mol. The quantitative estimate of drug-likeness (QED) is 0.553. The highest BCUT2D eigenvalue weighted by Crippen LogP contribution is 2.50. The zero-order valence-electron chi connectivity index (χ0n) is 16.3. The Morgan fingerprint density at radius 2 is 1.93 bits per heavy atom. The summed E-state index contributed by atoms with van der Waals surface area (Å²) in [5.41, 5.74) is -0.898. The molecule has 1 saturated carbocycles. The number of rotatable bonds is 5. The molecular formula is C21H26N2O6. The van der Waals surface area contributed by atoms with E-state index in [9.17, 15) is 24.6 Å². The summed E-state index contributed by atoms with van der Waals surface area (Å²) < 4.78 is 5.16. The first kappa shape index (κ1) is 19.7. The average molecular weight is 402 g/mol.